The van der Waals surface area contributed by atoms with Crippen LogP contribution in [0.3, 0.4) is 0 Å². The van der Waals surface area contributed by atoms with Gasteiger partial charge in [0, 0.05) is 12.6 Å². The van der Waals surface area contributed by atoms with E-state index in [1.807, 2.05) is 13.8 Å². The predicted molar refractivity (Wildman–Crippen MR) is 107 cm³/mol. The summed E-state index contributed by atoms with van der Waals surface area (Å²) in [4.78, 5) is 39.2. The number of nitrogens with zero attached hydrogens (tertiary/aromatic N) is 1. The monoisotopic (exact) mass is 421 g/mol. The van der Waals surface area contributed by atoms with Crippen molar-refractivity contribution in [1.82, 2.24) is 15.5 Å². The molecule has 0 spiro atoms. The lowest BCUT2D eigenvalue weighted by atomic mass is 9.91. The van der Waals surface area contributed by atoms with E-state index >= 15 is 0 Å². The van der Waals surface area contributed by atoms with E-state index in [4.69, 9.17) is 0 Å². The molecule has 0 unspecified atom stereocenters. The quantitative estimate of drug-likeness (QED) is 0.694. The number of rotatable bonds is 6. The summed E-state index contributed by atoms with van der Waals surface area (Å²) in [7, 11) is -3.73. The molecule has 1 aromatic carbocycles. The molecule has 2 heterocycles. The van der Waals surface area contributed by atoms with Crippen LogP contribution in [0.5, 0.6) is 0 Å². The number of fused-ring (bicyclic) bond motifs is 1. The molecule has 2 aliphatic rings. The van der Waals surface area contributed by atoms with Crippen molar-refractivity contribution in [3.8, 4) is 0 Å². The van der Waals surface area contributed by atoms with Gasteiger partial charge < -0.3 is 15.5 Å². The summed E-state index contributed by atoms with van der Waals surface area (Å²) in [5, 5.41) is 5.51. The van der Waals surface area contributed by atoms with Crippen LogP contribution in [-0.4, -0.2) is 61.5 Å². The molecule has 0 radical (unpaired) electrons. The van der Waals surface area contributed by atoms with Crippen LogP contribution in [0.15, 0.2) is 35.2 Å². The van der Waals surface area contributed by atoms with E-state index in [1.165, 1.54) is 12.1 Å². The van der Waals surface area contributed by atoms with Crippen LogP contribution in [0.25, 0.3) is 0 Å². The Balaban J connectivity index is 1.59. The Labute approximate surface area is 170 Å². The van der Waals surface area contributed by atoms with Gasteiger partial charge in [0.2, 0.25) is 17.7 Å². The highest BCUT2D eigenvalue weighted by Gasteiger charge is 2.44. The SMILES string of the molecule is CC(C)C[C@H]1NC(=O)[C@@H]2C[C@@H](NC(=O)CS(=O)(=O)c3ccccc3)CCN2C1=O. The molecule has 2 fully saturated rings. The summed E-state index contributed by atoms with van der Waals surface area (Å²) in [5.74, 6) is -1.27. The number of carbonyl (C=O) groups is 3. The van der Waals surface area contributed by atoms with Gasteiger partial charge in [0.05, 0.1) is 4.90 Å². The highest BCUT2D eigenvalue weighted by molar-refractivity contribution is 7.92. The topological polar surface area (TPSA) is 113 Å². The number of nitrogens with one attached hydrogen (secondary N) is 2. The molecule has 0 aromatic heterocycles. The second-order valence-electron chi connectivity index (χ2n) is 8.10. The van der Waals surface area contributed by atoms with Gasteiger partial charge in [0.1, 0.15) is 17.8 Å². The molecule has 158 valence electrons. The van der Waals surface area contributed by atoms with Crippen LogP contribution in [0.2, 0.25) is 0 Å². The Morgan fingerprint density at radius 3 is 2.59 bits per heavy atom. The number of piperazine rings is 1. The van der Waals surface area contributed by atoms with Gasteiger partial charge in [-0.2, -0.15) is 0 Å². The Morgan fingerprint density at radius 2 is 1.93 bits per heavy atom. The summed E-state index contributed by atoms with van der Waals surface area (Å²) in [5.41, 5.74) is 0. The third kappa shape index (κ3) is 4.95. The third-order valence-corrected chi connectivity index (χ3v) is 6.93. The molecule has 3 atom stereocenters. The first kappa shape index (κ1) is 21.3. The van der Waals surface area contributed by atoms with Crippen LogP contribution < -0.4 is 10.6 Å². The molecule has 0 saturated carbocycles. The van der Waals surface area contributed by atoms with Gasteiger partial charge in [-0.25, -0.2) is 8.42 Å². The summed E-state index contributed by atoms with van der Waals surface area (Å²) in [6.07, 6.45) is 1.36. The molecule has 0 bridgehead atoms. The fourth-order valence-corrected chi connectivity index (χ4v) is 5.09. The van der Waals surface area contributed by atoms with Crippen molar-refractivity contribution in [2.75, 3.05) is 12.3 Å². The molecule has 3 amide bonds. The average Bonchev–Trinajstić information content (AvgIpc) is 2.66. The molecule has 2 aliphatic heterocycles. The average molecular weight is 422 g/mol. The maximum Gasteiger partial charge on any atom is 0.245 e. The first-order valence-corrected chi connectivity index (χ1v) is 11.5. The Morgan fingerprint density at radius 1 is 1.24 bits per heavy atom. The molecule has 8 nitrogen and oxygen atoms in total. The zero-order valence-electron chi connectivity index (χ0n) is 16.6. The van der Waals surface area contributed by atoms with Gasteiger partial charge >= 0.3 is 0 Å². The smallest absolute Gasteiger partial charge is 0.245 e. The molecule has 2 N–H and O–H groups in total. The number of carbonyl (C=O) groups excluding carboxylic acids is 3. The molecule has 0 aliphatic carbocycles. The number of benzene rings is 1. The Hall–Kier alpha value is -2.42. The highest BCUT2D eigenvalue weighted by Crippen LogP contribution is 2.24. The van der Waals surface area contributed by atoms with E-state index in [2.05, 4.69) is 10.6 Å². The zero-order valence-corrected chi connectivity index (χ0v) is 17.4. The maximum atomic E-state index is 12.7. The number of hydrogen-bond acceptors (Lipinski definition) is 5. The fourth-order valence-electron chi connectivity index (χ4n) is 3.92. The summed E-state index contributed by atoms with van der Waals surface area (Å²) < 4.78 is 24.7. The van der Waals surface area contributed by atoms with Gasteiger partial charge in [-0.1, -0.05) is 32.0 Å². The van der Waals surface area contributed by atoms with Crippen molar-refractivity contribution in [3.63, 3.8) is 0 Å². The van der Waals surface area contributed by atoms with Gasteiger partial charge in [-0.05, 0) is 37.3 Å². The van der Waals surface area contributed by atoms with Crippen LogP contribution in [0.4, 0.5) is 0 Å². The lowest BCUT2D eigenvalue weighted by molar-refractivity contribution is -0.152. The standard InChI is InChI=1S/C20H27N3O5S/c1-13(2)10-16-20(26)23-9-8-14(11-17(23)19(25)22-16)21-18(24)12-29(27,28)15-6-4-3-5-7-15/h3-7,13-14,16-17H,8-12H2,1-2H3,(H,21,24)(H,22,25)/t14-,16+,17-/m0/s1. The maximum absolute atomic E-state index is 12.7. The second-order valence-corrected chi connectivity index (χ2v) is 10.1. The summed E-state index contributed by atoms with van der Waals surface area (Å²) in [6, 6.07) is 6.33. The summed E-state index contributed by atoms with van der Waals surface area (Å²) >= 11 is 0. The molecule has 3 rings (SSSR count). The minimum atomic E-state index is -3.73. The summed E-state index contributed by atoms with van der Waals surface area (Å²) in [6.45, 7) is 4.36. The van der Waals surface area contributed by atoms with Crippen LogP contribution in [0, 0.1) is 5.92 Å². The highest BCUT2D eigenvalue weighted by atomic mass is 32.2. The number of sulfone groups is 1. The molecule has 2 saturated heterocycles. The zero-order chi connectivity index (χ0) is 21.2. The number of piperidine rings is 1. The van der Waals surface area contributed by atoms with Crippen molar-refractivity contribution >= 4 is 27.6 Å². The lowest BCUT2D eigenvalue weighted by Crippen LogP contribution is -2.67. The molecule has 1 aromatic rings. The van der Waals surface area contributed by atoms with Gasteiger partial charge in [-0.15, -0.1) is 0 Å². The first-order chi connectivity index (χ1) is 13.7. The van der Waals surface area contributed by atoms with Crippen LogP contribution in [-0.2, 0) is 24.2 Å². The van der Waals surface area contributed by atoms with E-state index in [0.29, 0.717) is 19.4 Å². The second kappa shape index (κ2) is 8.52. The number of amides is 3. The first-order valence-electron chi connectivity index (χ1n) is 9.85. The van der Waals surface area contributed by atoms with Crippen LogP contribution >= 0.6 is 0 Å². The van der Waals surface area contributed by atoms with E-state index in [-0.39, 0.29) is 35.1 Å². The van der Waals surface area contributed by atoms with E-state index in [1.54, 1.807) is 23.1 Å². The van der Waals surface area contributed by atoms with Crippen molar-refractivity contribution in [2.45, 2.75) is 56.1 Å². The predicted octanol–water partition coefficient (Wildman–Crippen LogP) is 0.481. The van der Waals surface area contributed by atoms with Crippen molar-refractivity contribution in [3.05, 3.63) is 30.3 Å². The molecular formula is C20H27N3O5S. The minimum absolute atomic E-state index is 0.0836. The van der Waals surface area contributed by atoms with E-state index in [9.17, 15) is 22.8 Å². The largest absolute Gasteiger partial charge is 0.352 e. The molecule has 29 heavy (non-hydrogen) atoms. The molecule has 9 heteroatoms. The van der Waals surface area contributed by atoms with E-state index < -0.39 is 33.6 Å². The third-order valence-electron chi connectivity index (χ3n) is 5.30. The fraction of sp³-hybridized carbons (Fsp3) is 0.550. The lowest BCUT2D eigenvalue weighted by Gasteiger charge is -2.44. The van der Waals surface area contributed by atoms with Crippen molar-refractivity contribution in [2.24, 2.45) is 5.92 Å². The number of hydrogen-bond donors (Lipinski definition) is 2. The van der Waals surface area contributed by atoms with Gasteiger partial charge in [0.25, 0.3) is 0 Å². The Bertz CT molecular complexity index is 885. The van der Waals surface area contributed by atoms with Crippen molar-refractivity contribution in [1.29, 1.82) is 0 Å². The normalized spacial score (nSPS) is 24.8. The van der Waals surface area contributed by atoms with Crippen LogP contribution in [0.1, 0.15) is 33.1 Å². The molecular weight excluding hydrogens is 394 g/mol. The van der Waals surface area contributed by atoms with Gasteiger partial charge in [-0.3, -0.25) is 14.4 Å². The Kier molecular flexibility index (Phi) is 6.26. The van der Waals surface area contributed by atoms with E-state index in [0.717, 1.165) is 0 Å². The minimum Gasteiger partial charge on any atom is -0.352 e. The van der Waals surface area contributed by atoms with Crippen molar-refractivity contribution < 1.29 is 22.8 Å². The van der Waals surface area contributed by atoms with Gasteiger partial charge in [0.15, 0.2) is 9.84 Å².